The van der Waals surface area contributed by atoms with Gasteiger partial charge in [0.05, 0.1) is 6.10 Å². The number of hydrogen-bond donors (Lipinski definition) is 1. The normalized spacial score (nSPS) is 17.3. The fourth-order valence-corrected chi connectivity index (χ4v) is 2.83. The molecule has 1 fully saturated rings. The maximum atomic E-state index is 6.22. The van der Waals surface area contributed by atoms with Crippen LogP contribution in [0.4, 0.5) is 5.69 Å². The van der Waals surface area contributed by atoms with Crippen molar-refractivity contribution >= 4 is 16.5 Å². The van der Waals surface area contributed by atoms with E-state index in [9.17, 15) is 0 Å². The minimum absolute atomic E-state index is 0.350. The molecular weight excluding hydrogens is 236 g/mol. The first-order valence-corrected chi connectivity index (χ1v) is 7.13. The van der Waals surface area contributed by atoms with Gasteiger partial charge >= 0.3 is 0 Å². The van der Waals surface area contributed by atoms with Crippen LogP contribution in [-0.2, 0) is 0 Å². The minimum atomic E-state index is 0.350. The summed E-state index contributed by atoms with van der Waals surface area (Å²) in [5.41, 5.74) is 6.75. The third-order valence-corrected chi connectivity index (χ3v) is 3.91. The van der Waals surface area contributed by atoms with Crippen LogP contribution in [0.2, 0.25) is 0 Å². The molecule has 19 heavy (non-hydrogen) atoms. The van der Waals surface area contributed by atoms with E-state index in [0.29, 0.717) is 6.10 Å². The molecule has 1 aromatic carbocycles. The number of nitrogens with zero attached hydrogens (tertiary/aromatic N) is 1. The molecule has 0 atom stereocenters. The number of benzene rings is 1. The lowest BCUT2D eigenvalue weighted by Crippen LogP contribution is -2.15. The summed E-state index contributed by atoms with van der Waals surface area (Å²) in [6, 6.07) is 5.89. The number of anilines is 1. The van der Waals surface area contributed by atoms with Crippen LogP contribution in [0, 0.1) is 0 Å². The number of nitrogens with two attached hydrogens (primary N) is 1. The zero-order valence-electron chi connectivity index (χ0n) is 11.1. The number of rotatable bonds is 2. The van der Waals surface area contributed by atoms with Crippen molar-refractivity contribution in [1.82, 2.24) is 4.98 Å². The molecule has 1 aromatic heterocycles. The van der Waals surface area contributed by atoms with Crippen molar-refractivity contribution in [3.05, 3.63) is 30.6 Å². The zero-order valence-corrected chi connectivity index (χ0v) is 11.1. The molecule has 3 nitrogen and oxygen atoms in total. The summed E-state index contributed by atoms with van der Waals surface area (Å²) in [6.45, 7) is 0. The second-order valence-electron chi connectivity index (χ2n) is 5.31. The molecule has 1 aliphatic rings. The van der Waals surface area contributed by atoms with Crippen LogP contribution in [0.3, 0.4) is 0 Å². The third-order valence-electron chi connectivity index (χ3n) is 3.91. The molecule has 2 N–H and O–H groups in total. The Labute approximate surface area is 113 Å². The quantitative estimate of drug-likeness (QED) is 0.654. The lowest BCUT2D eigenvalue weighted by atomic mass is 10.1. The van der Waals surface area contributed by atoms with Gasteiger partial charge in [-0.05, 0) is 43.9 Å². The summed E-state index contributed by atoms with van der Waals surface area (Å²) in [5, 5.41) is 2.05. The average molecular weight is 256 g/mol. The molecule has 0 spiro atoms. The first-order chi connectivity index (χ1) is 9.34. The number of fused-ring (bicyclic) bond motifs is 1. The average Bonchev–Trinajstić information content (AvgIpc) is 2.71. The Morgan fingerprint density at radius 3 is 2.58 bits per heavy atom. The van der Waals surface area contributed by atoms with Crippen LogP contribution in [-0.4, -0.2) is 11.1 Å². The summed E-state index contributed by atoms with van der Waals surface area (Å²) in [6.07, 6.45) is 11.5. The highest BCUT2D eigenvalue weighted by molar-refractivity contribution is 5.96. The van der Waals surface area contributed by atoms with Gasteiger partial charge in [-0.25, -0.2) is 0 Å². The largest absolute Gasteiger partial charge is 0.490 e. The number of pyridine rings is 1. The highest BCUT2D eigenvalue weighted by Gasteiger charge is 2.15. The van der Waals surface area contributed by atoms with E-state index in [-0.39, 0.29) is 0 Å². The Kier molecular flexibility index (Phi) is 3.53. The Morgan fingerprint density at radius 2 is 1.79 bits per heavy atom. The molecule has 0 unspecified atom stereocenters. The van der Waals surface area contributed by atoms with Gasteiger partial charge in [-0.3, -0.25) is 4.98 Å². The summed E-state index contributed by atoms with van der Waals surface area (Å²) in [4.78, 5) is 4.14. The Hall–Kier alpha value is -1.77. The summed E-state index contributed by atoms with van der Waals surface area (Å²) in [5.74, 6) is 0.943. The standard InChI is InChI=1S/C16H20N2O/c17-15-7-8-16(13-9-10-18-11-14(13)15)19-12-5-3-1-2-4-6-12/h7-12H,1-6,17H2. The van der Waals surface area contributed by atoms with Crippen molar-refractivity contribution in [2.45, 2.75) is 44.6 Å². The van der Waals surface area contributed by atoms with Gasteiger partial charge in [0.25, 0.3) is 0 Å². The van der Waals surface area contributed by atoms with Crippen molar-refractivity contribution in [2.24, 2.45) is 0 Å². The van der Waals surface area contributed by atoms with E-state index in [1.54, 1.807) is 6.20 Å². The van der Waals surface area contributed by atoms with Crippen LogP contribution < -0.4 is 10.5 Å². The topological polar surface area (TPSA) is 48.1 Å². The molecule has 1 aliphatic carbocycles. The predicted octanol–water partition coefficient (Wildman–Crippen LogP) is 3.92. The Bertz CT molecular complexity index is 560. The molecule has 1 saturated carbocycles. The molecule has 1 heterocycles. The number of nitrogen functional groups attached to an aromatic ring is 1. The first-order valence-electron chi connectivity index (χ1n) is 7.13. The molecule has 3 rings (SSSR count). The van der Waals surface area contributed by atoms with E-state index in [0.717, 1.165) is 35.1 Å². The van der Waals surface area contributed by atoms with Crippen LogP contribution in [0.5, 0.6) is 5.75 Å². The van der Waals surface area contributed by atoms with Gasteiger partial charge in [-0.2, -0.15) is 0 Å². The summed E-state index contributed by atoms with van der Waals surface area (Å²) < 4.78 is 6.22. The molecule has 0 bridgehead atoms. The van der Waals surface area contributed by atoms with Gasteiger partial charge in [0, 0.05) is 28.9 Å². The predicted molar refractivity (Wildman–Crippen MR) is 78.3 cm³/mol. The van der Waals surface area contributed by atoms with E-state index in [1.165, 1.54) is 25.7 Å². The van der Waals surface area contributed by atoms with Gasteiger partial charge in [0.15, 0.2) is 0 Å². The van der Waals surface area contributed by atoms with Gasteiger partial charge in [-0.1, -0.05) is 12.8 Å². The third kappa shape index (κ3) is 2.65. The molecular formula is C16H20N2O. The van der Waals surface area contributed by atoms with Crippen molar-refractivity contribution < 1.29 is 4.74 Å². The second-order valence-corrected chi connectivity index (χ2v) is 5.31. The van der Waals surface area contributed by atoms with Crippen LogP contribution in [0.15, 0.2) is 30.6 Å². The summed E-state index contributed by atoms with van der Waals surface area (Å²) in [7, 11) is 0. The lowest BCUT2D eigenvalue weighted by molar-refractivity contribution is 0.186. The molecule has 3 heteroatoms. The number of aromatic nitrogens is 1. The maximum absolute atomic E-state index is 6.22. The fraction of sp³-hybridized carbons (Fsp3) is 0.438. The number of ether oxygens (including phenoxy) is 1. The molecule has 100 valence electrons. The SMILES string of the molecule is Nc1ccc(OC2CCCCCC2)c2ccncc12. The highest BCUT2D eigenvalue weighted by atomic mass is 16.5. The number of hydrogen-bond acceptors (Lipinski definition) is 3. The summed E-state index contributed by atoms with van der Waals surface area (Å²) >= 11 is 0. The highest BCUT2D eigenvalue weighted by Crippen LogP contribution is 2.31. The minimum Gasteiger partial charge on any atom is -0.490 e. The van der Waals surface area contributed by atoms with Gasteiger partial charge in [0.1, 0.15) is 5.75 Å². The van der Waals surface area contributed by atoms with Gasteiger partial charge in [0.2, 0.25) is 0 Å². The fourth-order valence-electron chi connectivity index (χ4n) is 2.83. The molecule has 2 aromatic rings. The van der Waals surface area contributed by atoms with Crippen molar-refractivity contribution in [3.8, 4) is 5.75 Å². The van der Waals surface area contributed by atoms with Crippen LogP contribution >= 0.6 is 0 Å². The van der Waals surface area contributed by atoms with Crippen molar-refractivity contribution in [3.63, 3.8) is 0 Å². The second kappa shape index (κ2) is 5.47. The molecule has 0 radical (unpaired) electrons. The first kappa shape index (κ1) is 12.3. The lowest BCUT2D eigenvalue weighted by Gasteiger charge is -2.18. The van der Waals surface area contributed by atoms with Gasteiger partial charge in [-0.15, -0.1) is 0 Å². The van der Waals surface area contributed by atoms with E-state index in [1.807, 2.05) is 24.4 Å². The Balaban J connectivity index is 1.90. The van der Waals surface area contributed by atoms with Crippen LogP contribution in [0.25, 0.3) is 10.8 Å². The zero-order chi connectivity index (χ0) is 13.1. The van der Waals surface area contributed by atoms with E-state index in [2.05, 4.69) is 4.98 Å². The molecule has 0 amide bonds. The van der Waals surface area contributed by atoms with E-state index in [4.69, 9.17) is 10.5 Å². The van der Waals surface area contributed by atoms with E-state index < -0.39 is 0 Å². The molecule has 0 aliphatic heterocycles. The molecule has 0 saturated heterocycles. The maximum Gasteiger partial charge on any atom is 0.127 e. The smallest absolute Gasteiger partial charge is 0.127 e. The van der Waals surface area contributed by atoms with Gasteiger partial charge < -0.3 is 10.5 Å². The van der Waals surface area contributed by atoms with Crippen molar-refractivity contribution in [2.75, 3.05) is 5.73 Å². The Morgan fingerprint density at radius 1 is 1.00 bits per heavy atom. The van der Waals surface area contributed by atoms with Crippen molar-refractivity contribution in [1.29, 1.82) is 0 Å². The van der Waals surface area contributed by atoms with Crippen LogP contribution in [0.1, 0.15) is 38.5 Å². The monoisotopic (exact) mass is 256 g/mol. The van der Waals surface area contributed by atoms with E-state index >= 15 is 0 Å².